The van der Waals surface area contributed by atoms with Crippen molar-refractivity contribution in [3.63, 3.8) is 0 Å². The molecule has 4 nitrogen and oxygen atoms in total. The first-order chi connectivity index (χ1) is 10.1. The fourth-order valence-electron chi connectivity index (χ4n) is 1.85. The highest BCUT2D eigenvalue weighted by molar-refractivity contribution is 5.94. The summed E-state index contributed by atoms with van der Waals surface area (Å²) in [5, 5.41) is 0. The van der Waals surface area contributed by atoms with Crippen LogP contribution in [0.1, 0.15) is 24.2 Å². The molecule has 4 heteroatoms. The van der Waals surface area contributed by atoms with Gasteiger partial charge in [-0.2, -0.15) is 0 Å². The lowest BCUT2D eigenvalue weighted by Crippen LogP contribution is -2.12. The molecule has 0 atom stereocenters. The van der Waals surface area contributed by atoms with Crippen LogP contribution in [0.3, 0.4) is 0 Å². The first kappa shape index (κ1) is 14.9. The maximum Gasteiger partial charge on any atom is 0.347 e. The Kier molecular flexibility index (Phi) is 4.82. The zero-order valence-corrected chi connectivity index (χ0v) is 12.3. The summed E-state index contributed by atoms with van der Waals surface area (Å²) in [6.45, 7) is 3.83. The number of rotatable bonds is 5. The maximum atomic E-state index is 12.3. The zero-order valence-electron chi connectivity index (χ0n) is 12.3. The number of ether oxygens (including phenoxy) is 3. The highest BCUT2D eigenvalue weighted by Crippen LogP contribution is 2.29. The average molecular weight is 286 g/mol. The van der Waals surface area contributed by atoms with E-state index in [1.54, 1.807) is 42.5 Å². The Morgan fingerprint density at radius 2 is 1.48 bits per heavy atom. The van der Waals surface area contributed by atoms with Gasteiger partial charge < -0.3 is 14.2 Å². The van der Waals surface area contributed by atoms with Gasteiger partial charge in [-0.3, -0.25) is 0 Å². The molecule has 0 aliphatic rings. The molecule has 2 rings (SSSR count). The Hall–Kier alpha value is -2.49. The maximum absolute atomic E-state index is 12.3. The van der Waals surface area contributed by atoms with Crippen LogP contribution < -0.4 is 14.2 Å². The molecule has 0 bridgehead atoms. The summed E-state index contributed by atoms with van der Waals surface area (Å²) in [7, 11) is 1.52. The molecule has 0 aliphatic heterocycles. The van der Waals surface area contributed by atoms with Gasteiger partial charge >= 0.3 is 5.97 Å². The minimum atomic E-state index is -0.479. The number of esters is 1. The zero-order chi connectivity index (χ0) is 15.2. The highest BCUT2D eigenvalue weighted by atomic mass is 16.6. The third-order valence-electron chi connectivity index (χ3n) is 2.74. The second-order valence-corrected chi connectivity index (χ2v) is 4.70. The van der Waals surface area contributed by atoms with E-state index in [0.29, 0.717) is 22.8 Å². The Balaban J connectivity index is 2.24. The van der Waals surface area contributed by atoms with Crippen LogP contribution in [-0.4, -0.2) is 19.2 Å². The topological polar surface area (TPSA) is 44.8 Å². The van der Waals surface area contributed by atoms with Gasteiger partial charge in [0.05, 0.1) is 13.2 Å². The summed E-state index contributed by atoms with van der Waals surface area (Å²) in [6, 6.07) is 14.0. The largest absolute Gasteiger partial charge is 0.496 e. The van der Waals surface area contributed by atoms with Gasteiger partial charge in [-0.05, 0) is 38.1 Å². The summed E-state index contributed by atoms with van der Waals surface area (Å²) in [4.78, 5) is 12.3. The average Bonchev–Trinajstić information content (AvgIpc) is 2.48. The van der Waals surface area contributed by atoms with Crippen molar-refractivity contribution in [1.29, 1.82) is 0 Å². The van der Waals surface area contributed by atoms with Crippen LogP contribution in [0.4, 0.5) is 0 Å². The van der Waals surface area contributed by atoms with Gasteiger partial charge in [0.15, 0.2) is 11.5 Å². The fraction of sp³-hybridized carbons (Fsp3) is 0.235. The molecular formula is C17H18O4. The molecule has 2 aromatic rings. The molecule has 0 fully saturated rings. The SMILES string of the molecule is COc1ccccc1C(=O)Oc1ccccc1OC(C)C. The molecule has 0 saturated heterocycles. The first-order valence-electron chi connectivity index (χ1n) is 6.72. The molecule has 0 spiro atoms. The molecule has 0 saturated carbocycles. The number of para-hydroxylation sites is 3. The minimum Gasteiger partial charge on any atom is -0.496 e. The van der Waals surface area contributed by atoms with E-state index in [2.05, 4.69) is 0 Å². The van der Waals surface area contributed by atoms with Crippen molar-refractivity contribution in [2.24, 2.45) is 0 Å². The van der Waals surface area contributed by atoms with Gasteiger partial charge in [-0.25, -0.2) is 4.79 Å². The van der Waals surface area contributed by atoms with Crippen LogP contribution >= 0.6 is 0 Å². The van der Waals surface area contributed by atoms with Crippen LogP contribution in [0.5, 0.6) is 17.2 Å². The van der Waals surface area contributed by atoms with Gasteiger partial charge in [0.25, 0.3) is 0 Å². The Bertz CT molecular complexity index is 620. The molecular weight excluding hydrogens is 268 g/mol. The van der Waals surface area contributed by atoms with Crippen molar-refractivity contribution < 1.29 is 19.0 Å². The number of hydrogen-bond acceptors (Lipinski definition) is 4. The Morgan fingerprint density at radius 1 is 0.905 bits per heavy atom. The summed E-state index contributed by atoms with van der Waals surface area (Å²) < 4.78 is 16.2. The van der Waals surface area contributed by atoms with E-state index in [-0.39, 0.29) is 6.10 Å². The normalized spacial score (nSPS) is 10.3. The number of hydrogen-bond donors (Lipinski definition) is 0. The molecule has 0 unspecified atom stereocenters. The fourth-order valence-corrected chi connectivity index (χ4v) is 1.85. The van der Waals surface area contributed by atoms with Crippen molar-refractivity contribution in [1.82, 2.24) is 0 Å². The lowest BCUT2D eigenvalue weighted by molar-refractivity contribution is 0.0721. The van der Waals surface area contributed by atoms with Gasteiger partial charge in [0, 0.05) is 0 Å². The van der Waals surface area contributed by atoms with E-state index in [1.807, 2.05) is 19.9 Å². The van der Waals surface area contributed by atoms with E-state index >= 15 is 0 Å². The van der Waals surface area contributed by atoms with E-state index in [0.717, 1.165) is 0 Å². The van der Waals surface area contributed by atoms with E-state index in [4.69, 9.17) is 14.2 Å². The molecule has 0 N–H and O–H groups in total. The van der Waals surface area contributed by atoms with Gasteiger partial charge in [0.1, 0.15) is 11.3 Å². The monoisotopic (exact) mass is 286 g/mol. The lowest BCUT2D eigenvalue weighted by atomic mass is 10.2. The third kappa shape index (κ3) is 3.75. The number of methoxy groups -OCH3 is 1. The number of benzene rings is 2. The van der Waals surface area contributed by atoms with E-state index in [1.165, 1.54) is 7.11 Å². The van der Waals surface area contributed by atoms with Gasteiger partial charge in [-0.1, -0.05) is 24.3 Å². The van der Waals surface area contributed by atoms with Crippen molar-refractivity contribution >= 4 is 5.97 Å². The van der Waals surface area contributed by atoms with Crippen molar-refractivity contribution in [3.8, 4) is 17.2 Å². The van der Waals surface area contributed by atoms with Crippen LogP contribution in [-0.2, 0) is 0 Å². The van der Waals surface area contributed by atoms with Crippen LogP contribution in [0.25, 0.3) is 0 Å². The van der Waals surface area contributed by atoms with Gasteiger partial charge in [0.2, 0.25) is 0 Å². The summed E-state index contributed by atoms with van der Waals surface area (Å²) >= 11 is 0. The molecule has 0 heterocycles. The Morgan fingerprint density at radius 3 is 2.10 bits per heavy atom. The first-order valence-corrected chi connectivity index (χ1v) is 6.72. The highest BCUT2D eigenvalue weighted by Gasteiger charge is 2.16. The predicted octanol–water partition coefficient (Wildman–Crippen LogP) is 3.70. The molecule has 0 aliphatic carbocycles. The Labute approximate surface area is 124 Å². The quantitative estimate of drug-likeness (QED) is 0.621. The van der Waals surface area contributed by atoms with E-state index < -0.39 is 5.97 Å². The summed E-state index contributed by atoms with van der Waals surface area (Å²) in [5.41, 5.74) is 0.374. The van der Waals surface area contributed by atoms with Crippen LogP contribution in [0.15, 0.2) is 48.5 Å². The van der Waals surface area contributed by atoms with Crippen molar-refractivity contribution in [3.05, 3.63) is 54.1 Å². The predicted molar refractivity (Wildman–Crippen MR) is 80.2 cm³/mol. The van der Waals surface area contributed by atoms with Crippen molar-refractivity contribution in [2.45, 2.75) is 20.0 Å². The van der Waals surface area contributed by atoms with Crippen LogP contribution in [0, 0.1) is 0 Å². The molecule has 21 heavy (non-hydrogen) atoms. The smallest absolute Gasteiger partial charge is 0.347 e. The standard InChI is InChI=1S/C17H18O4/c1-12(2)20-15-10-6-7-11-16(15)21-17(18)13-8-4-5-9-14(13)19-3/h4-12H,1-3H3. The molecule has 2 aromatic carbocycles. The number of carbonyl (C=O) groups excluding carboxylic acids is 1. The second kappa shape index (κ2) is 6.79. The molecule has 0 aromatic heterocycles. The number of carbonyl (C=O) groups is 1. The molecule has 0 amide bonds. The van der Waals surface area contributed by atoms with E-state index in [9.17, 15) is 4.79 Å². The molecule has 110 valence electrons. The lowest BCUT2D eigenvalue weighted by Gasteiger charge is -2.14. The van der Waals surface area contributed by atoms with Crippen molar-refractivity contribution in [2.75, 3.05) is 7.11 Å². The molecule has 0 radical (unpaired) electrons. The summed E-state index contributed by atoms with van der Waals surface area (Å²) in [6.07, 6.45) is -0.00360. The minimum absolute atomic E-state index is 0.00360. The third-order valence-corrected chi connectivity index (χ3v) is 2.74. The van der Waals surface area contributed by atoms with Gasteiger partial charge in [-0.15, -0.1) is 0 Å². The summed E-state index contributed by atoms with van der Waals surface area (Å²) in [5.74, 6) is 0.926. The van der Waals surface area contributed by atoms with Crippen LogP contribution in [0.2, 0.25) is 0 Å². The second-order valence-electron chi connectivity index (χ2n) is 4.70.